The Labute approximate surface area is 121 Å². The number of anilines is 1. The molecule has 0 atom stereocenters. The van der Waals surface area contributed by atoms with Gasteiger partial charge in [-0.2, -0.15) is 0 Å². The summed E-state index contributed by atoms with van der Waals surface area (Å²) < 4.78 is 2.15. The minimum atomic E-state index is -0.122. The molecular formula is C15H15N3OS. The Morgan fingerprint density at radius 1 is 1.35 bits per heavy atom. The van der Waals surface area contributed by atoms with Crippen molar-refractivity contribution in [3.05, 3.63) is 46.6 Å². The molecule has 2 aromatic heterocycles. The van der Waals surface area contributed by atoms with Crippen molar-refractivity contribution in [2.45, 2.75) is 13.8 Å². The Hall–Kier alpha value is -2.14. The number of amides is 1. The highest BCUT2D eigenvalue weighted by molar-refractivity contribution is 7.13. The maximum Gasteiger partial charge on any atom is 0.257 e. The molecule has 1 aromatic carbocycles. The molecule has 1 amide bonds. The van der Waals surface area contributed by atoms with E-state index in [4.69, 9.17) is 0 Å². The lowest BCUT2D eigenvalue weighted by molar-refractivity contribution is 0.102. The average molecular weight is 285 g/mol. The van der Waals surface area contributed by atoms with Gasteiger partial charge in [0.25, 0.3) is 5.91 Å². The maximum atomic E-state index is 12.2. The SMILES string of the molecule is Cc1c(C)n(C)c2ccc(C(=O)Nc3nccs3)cc12. The number of hydrogen-bond acceptors (Lipinski definition) is 3. The number of hydrogen-bond donors (Lipinski definition) is 1. The van der Waals surface area contributed by atoms with Crippen LogP contribution in [0.3, 0.4) is 0 Å². The van der Waals surface area contributed by atoms with Crippen LogP contribution in [0.5, 0.6) is 0 Å². The van der Waals surface area contributed by atoms with Crippen molar-refractivity contribution in [3.8, 4) is 0 Å². The van der Waals surface area contributed by atoms with Gasteiger partial charge in [-0.05, 0) is 37.6 Å². The Balaban J connectivity index is 2.00. The monoisotopic (exact) mass is 285 g/mol. The van der Waals surface area contributed by atoms with E-state index in [1.54, 1.807) is 6.20 Å². The summed E-state index contributed by atoms with van der Waals surface area (Å²) in [6.07, 6.45) is 1.67. The first-order valence-corrected chi connectivity index (χ1v) is 7.22. The molecule has 2 heterocycles. The predicted octanol–water partition coefficient (Wildman–Crippen LogP) is 3.50. The van der Waals surface area contributed by atoms with Crippen LogP contribution < -0.4 is 5.32 Å². The molecule has 5 heteroatoms. The molecule has 20 heavy (non-hydrogen) atoms. The van der Waals surface area contributed by atoms with E-state index >= 15 is 0 Å². The first kappa shape index (κ1) is 12.9. The van der Waals surface area contributed by atoms with E-state index < -0.39 is 0 Å². The van der Waals surface area contributed by atoms with Crippen LogP contribution in [0.1, 0.15) is 21.6 Å². The molecule has 0 bridgehead atoms. The van der Waals surface area contributed by atoms with Gasteiger partial charge >= 0.3 is 0 Å². The molecule has 0 saturated carbocycles. The fourth-order valence-electron chi connectivity index (χ4n) is 2.35. The van der Waals surface area contributed by atoms with E-state index in [0.717, 1.165) is 10.9 Å². The van der Waals surface area contributed by atoms with Gasteiger partial charge in [0.2, 0.25) is 0 Å². The fourth-order valence-corrected chi connectivity index (χ4v) is 2.88. The number of rotatable bonds is 2. The number of nitrogens with zero attached hydrogens (tertiary/aromatic N) is 2. The van der Waals surface area contributed by atoms with Gasteiger partial charge in [-0.3, -0.25) is 10.1 Å². The van der Waals surface area contributed by atoms with Crippen molar-refractivity contribution in [3.63, 3.8) is 0 Å². The van der Waals surface area contributed by atoms with E-state index in [2.05, 4.69) is 28.7 Å². The van der Waals surface area contributed by atoms with Crippen molar-refractivity contribution in [1.29, 1.82) is 0 Å². The summed E-state index contributed by atoms with van der Waals surface area (Å²) in [7, 11) is 2.04. The molecule has 1 N–H and O–H groups in total. The van der Waals surface area contributed by atoms with Crippen molar-refractivity contribution in [1.82, 2.24) is 9.55 Å². The lowest BCUT2D eigenvalue weighted by atomic mass is 10.1. The van der Waals surface area contributed by atoms with E-state index in [0.29, 0.717) is 10.7 Å². The third-order valence-corrected chi connectivity index (χ3v) is 4.41. The van der Waals surface area contributed by atoms with Crippen molar-refractivity contribution in [2.75, 3.05) is 5.32 Å². The van der Waals surface area contributed by atoms with Crippen LogP contribution >= 0.6 is 11.3 Å². The molecule has 0 spiro atoms. The summed E-state index contributed by atoms with van der Waals surface area (Å²) in [5.41, 5.74) is 4.23. The van der Waals surface area contributed by atoms with Crippen LogP contribution in [0.15, 0.2) is 29.8 Å². The molecule has 4 nitrogen and oxygen atoms in total. The Kier molecular flexibility index (Phi) is 3.06. The zero-order valence-corrected chi connectivity index (χ0v) is 12.4. The van der Waals surface area contributed by atoms with E-state index in [1.165, 1.54) is 22.6 Å². The number of aryl methyl sites for hydroxylation is 2. The van der Waals surface area contributed by atoms with Crippen molar-refractivity contribution >= 4 is 33.3 Å². The van der Waals surface area contributed by atoms with Gasteiger partial charge in [0.1, 0.15) is 0 Å². The Morgan fingerprint density at radius 2 is 2.15 bits per heavy atom. The topological polar surface area (TPSA) is 46.9 Å². The van der Waals surface area contributed by atoms with Gasteiger partial charge in [-0.25, -0.2) is 4.98 Å². The molecule has 0 aliphatic carbocycles. The minimum Gasteiger partial charge on any atom is -0.348 e. The van der Waals surface area contributed by atoms with Crippen LogP contribution in [0.4, 0.5) is 5.13 Å². The summed E-state index contributed by atoms with van der Waals surface area (Å²) >= 11 is 1.41. The van der Waals surface area contributed by atoms with Gasteiger partial charge in [-0.1, -0.05) is 0 Å². The zero-order valence-electron chi connectivity index (χ0n) is 11.6. The predicted molar refractivity (Wildman–Crippen MR) is 82.5 cm³/mol. The van der Waals surface area contributed by atoms with E-state index in [1.807, 2.05) is 30.6 Å². The van der Waals surface area contributed by atoms with Crippen LogP contribution in [0.2, 0.25) is 0 Å². The van der Waals surface area contributed by atoms with E-state index in [-0.39, 0.29) is 5.91 Å². The molecule has 0 aliphatic heterocycles. The van der Waals surface area contributed by atoms with Crippen LogP contribution in [0.25, 0.3) is 10.9 Å². The third-order valence-electron chi connectivity index (χ3n) is 3.72. The summed E-state index contributed by atoms with van der Waals surface area (Å²) in [4.78, 5) is 16.3. The molecule has 3 aromatic rings. The zero-order chi connectivity index (χ0) is 14.3. The van der Waals surface area contributed by atoms with Gasteiger partial charge in [-0.15, -0.1) is 11.3 Å². The summed E-state index contributed by atoms with van der Waals surface area (Å²) in [5, 5.41) is 6.39. The summed E-state index contributed by atoms with van der Waals surface area (Å²) in [6, 6.07) is 5.79. The number of nitrogens with one attached hydrogen (secondary N) is 1. The highest BCUT2D eigenvalue weighted by Gasteiger charge is 2.12. The van der Waals surface area contributed by atoms with Crippen molar-refractivity contribution in [2.24, 2.45) is 7.05 Å². The first-order valence-electron chi connectivity index (χ1n) is 6.34. The van der Waals surface area contributed by atoms with Gasteiger partial charge in [0.15, 0.2) is 5.13 Å². The lowest BCUT2D eigenvalue weighted by Crippen LogP contribution is -2.11. The normalized spacial score (nSPS) is 10.9. The Morgan fingerprint density at radius 3 is 2.85 bits per heavy atom. The number of aromatic nitrogens is 2. The second kappa shape index (κ2) is 4.76. The van der Waals surface area contributed by atoms with Crippen LogP contribution in [-0.4, -0.2) is 15.5 Å². The molecule has 0 unspecified atom stereocenters. The highest BCUT2D eigenvalue weighted by Crippen LogP contribution is 2.25. The number of carbonyl (C=O) groups is 1. The first-order chi connectivity index (χ1) is 9.58. The van der Waals surface area contributed by atoms with Gasteiger partial charge in [0, 0.05) is 40.8 Å². The molecule has 3 rings (SSSR count). The Bertz CT molecular complexity index is 787. The number of benzene rings is 1. The smallest absolute Gasteiger partial charge is 0.257 e. The number of fused-ring (bicyclic) bond motifs is 1. The average Bonchev–Trinajstić information content (AvgIpc) is 3.03. The standard InChI is InChI=1S/C15H15N3OS/c1-9-10(2)18(3)13-5-4-11(8-12(9)13)14(19)17-15-16-6-7-20-15/h4-8H,1-3H3,(H,16,17,19). The third kappa shape index (κ3) is 2.00. The van der Waals surface area contributed by atoms with E-state index in [9.17, 15) is 4.79 Å². The quantitative estimate of drug-likeness (QED) is 0.783. The minimum absolute atomic E-state index is 0.122. The van der Waals surface area contributed by atoms with Crippen LogP contribution in [-0.2, 0) is 7.05 Å². The molecule has 0 saturated heterocycles. The molecule has 0 fully saturated rings. The second-order valence-corrected chi connectivity index (χ2v) is 5.69. The molecular weight excluding hydrogens is 270 g/mol. The van der Waals surface area contributed by atoms with Gasteiger partial charge < -0.3 is 4.57 Å². The molecule has 0 radical (unpaired) electrons. The van der Waals surface area contributed by atoms with Gasteiger partial charge in [0.05, 0.1) is 0 Å². The lowest BCUT2D eigenvalue weighted by Gasteiger charge is -2.03. The molecule has 0 aliphatic rings. The summed E-state index contributed by atoms with van der Waals surface area (Å²) in [5.74, 6) is -0.122. The second-order valence-electron chi connectivity index (χ2n) is 4.79. The molecule has 102 valence electrons. The largest absolute Gasteiger partial charge is 0.348 e. The fraction of sp³-hybridized carbons (Fsp3) is 0.200. The number of carbonyl (C=O) groups excluding carboxylic acids is 1. The van der Waals surface area contributed by atoms with Crippen LogP contribution in [0, 0.1) is 13.8 Å². The summed E-state index contributed by atoms with van der Waals surface area (Å²) in [6.45, 7) is 4.17. The maximum absolute atomic E-state index is 12.2. The number of thiazole rings is 1. The highest BCUT2D eigenvalue weighted by atomic mass is 32.1. The van der Waals surface area contributed by atoms with Crippen molar-refractivity contribution < 1.29 is 4.79 Å².